The minimum absolute atomic E-state index is 0.0775. The van der Waals surface area contributed by atoms with Gasteiger partial charge in [-0.05, 0) is 62.8 Å². The van der Waals surface area contributed by atoms with Crippen LogP contribution in [0.2, 0.25) is 0 Å². The third kappa shape index (κ3) is 7.19. The average molecular weight is 507 g/mol. The van der Waals surface area contributed by atoms with E-state index in [4.69, 9.17) is 4.74 Å². The van der Waals surface area contributed by atoms with Gasteiger partial charge in [0, 0.05) is 30.3 Å². The number of fused-ring (bicyclic) bond motifs is 1. The summed E-state index contributed by atoms with van der Waals surface area (Å²) in [6, 6.07) is 3.62. The molecule has 0 bridgehead atoms. The second-order valence-electron chi connectivity index (χ2n) is 9.56. The van der Waals surface area contributed by atoms with Crippen LogP contribution in [-0.2, 0) is 16.4 Å². The lowest BCUT2D eigenvalue weighted by Gasteiger charge is -2.36. The normalized spacial score (nSPS) is 23.2. The zero-order valence-corrected chi connectivity index (χ0v) is 23.3. The van der Waals surface area contributed by atoms with E-state index < -0.39 is 15.4 Å². The minimum Gasteiger partial charge on any atom is -0.496 e. The molecule has 3 N–H and O–H groups in total. The highest BCUT2D eigenvalue weighted by Gasteiger charge is 2.42. The number of hydrogen-bond acceptors (Lipinski definition) is 6. The van der Waals surface area contributed by atoms with E-state index in [0.717, 1.165) is 48.8 Å². The number of sulfone groups is 1. The monoisotopic (exact) mass is 506 g/mol. The van der Waals surface area contributed by atoms with Gasteiger partial charge >= 0.3 is 0 Å². The molecular weight excluding hydrogens is 460 g/mol. The Kier molecular flexibility index (Phi) is 11.5. The van der Waals surface area contributed by atoms with E-state index in [-0.39, 0.29) is 24.4 Å². The van der Waals surface area contributed by atoms with Crippen LogP contribution >= 0.6 is 0 Å². The summed E-state index contributed by atoms with van der Waals surface area (Å²) in [5.41, 5.74) is 2.10. The van der Waals surface area contributed by atoms with Gasteiger partial charge in [-0.3, -0.25) is 5.32 Å². The first-order valence-electron chi connectivity index (χ1n) is 13.1. The molecule has 3 atom stereocenters. The smallest absolute Gasteiger partial charge is 0.180 e. The molecule has 198 valence electrons. The van der Waals surface area contributed by atoms with Crippen molar-refractivity contribution < 1.29 is 18.3 Å². The van der Waals surface area contributed by atoms with Crippen LogP contribution in [0.25, 0.3) is 0 Å². The molecule has 7 heteroatoms. The topological polar surface area (TPSA) is 87.7 Å². The number of hydrogen-bond donors (Lipinski definition) is 3. The van der Waals surface area contributed by atoms with Crippen LogP contribution in [0.5, 0.6) is 5.75 Å². The number of nitrogens with one attached hydrogen (secondary N) is 2. The van der Waals surface area contributed by atoms with Crippen molar-refractivity contribution in [2.75, 3.05) is 19.5 Å². The molecule has 0 radical (unpaired) electrons. The van der Waals surface area contributed by atoms with Crippen LogP contribution in [-0.4, -0.2) is 44.6 Å². The number of rotatable bonds is 13. The van der Waals surface area contributed by atoms with E-state index in [9.17, 15) is 13.5 Å². The van der Waals surface area contributed by atoms with Crippen LogP contribution in [0.1, 0.15) is 90.3 Å². The summed E-state index contributed by atoms with van der Waals surface area (Å²) in [5.74, 6) is 0.749. The molecule has 0 fully saturated rings. The third-order valence-corrected chi connectivity index (χ3v) is 9.20. The maximum atomic E-state index is 13.9. The summed E-state index contributed by atoms with van der Waals surface area (Å²) in [6.45, 7) is 10.9. The maximum Gasteiger partial charge on any atom is 0.180 e. The Morgan fingerprint density at radius 2 is 2.06 bits per heavy atom. The first-order chi connectivity index (χ1) is 16.7. The van der Waals surface area contributed by atoms with E-state index in [1.54, 1.807) is 7.11 Å². The number of aliphatic hydroxyl groups excluding tert-OH is 1. The first-order valence-corrected chi connectivity index (χ1v) is 14.7. The molecule has 0 aromatic heterocycles. The number of ether oxygens (including phenoxy) is 1. The molecule has 1 aromatic carbocycles. The second kappa shape index (κ2) is 13.6. The Morgan fingerprint density at radius 1 is 1.31 bits per heavy atom. The number of allylic oxidation sites excluding steroid dienone is 2. The van der Waals surface area contributed by atoms with E-state index in [1.165, 1.54) is 0 Å². The predicted octanol–water partition coefficient (Wildman–Crippen LogP) is 5.23. The summed E-state index contributed by atoms with van der Waals surface area (Å²) in [4.78, 5) is 0.387. The van der Waals surface area contributed by atoms with Crippen LogP contribution < -0.4 is 15.4 Å². The summed E-state index contributed by atoms with van der Waals surface area (Å²) < 4.78 is 33.6. The molecule has 0 aliphatic carbocycles. The molecule has 1 aromatic rings. The molecule has 0 spiro atoms. The third-order valence-electron chi connectivity index (χ3n) is 7.24. The molecule has 0 saturated carbocycles. The fraction of sp³-hybridized carbons (Fsp3) is 0.643. The summed E-state index contributed by atoms with van der Waals surface area (Å²) in [6.07, 6.45) is 11.2. The number of aliphatic hydroxyl groups is 1. The van der Waals surface area contributed by atoms with Gasteiger partial charge in [0.15, 0.2) is 9.84 Å². The fourth-order valence-corrected chi connectivity index (χ4v) is 7.20. The molecule has 1 heterocycles. The highest BCUT2D eigenvalue weighted by atomic mass is 32.2. The molecule has 2 rings (SSSR count). The van der Waals surface area contributed by atoms with Gasteiger partial charge in [-0.1, -0.05) is 51.8 Å². The standard InChI is InChI=1S/C28H46N2O4S/c1-7-12-15-28(11-5)20-35(32,33)26-17-22(19-29-23(10-4)14-16-31)25(34-6)18-24(26)27(30-28)21(9-3)13-8-2/h8-9,13,17-18,23,27,29-31H,7,10-12,14-16,19-20H2,1-6H3/b13-8-,21-9+/t23?,27-,28-/m1/s1. The molecule has 1 aliphatic rings. The van der Waals surface area contributed by atoms with Gasteiger partial charge < -0.3 is 15.2 Å². The lowest BCUT2D eigenvalue weighted by atomic mass is 9.87. The van der Waals surface area contributed by atoms with E-state index in [0.29, 0.717) is 23.6 Å². The molecule has 0 saturated heterocycles. The Morgan fingerprint density at radius 3 is 2.60 bits per heavy atom. The van der Waals surface area contributed by atoms with Crippen LogP contribution in [0.4, 0.5) is 0 Å². The molecule has 1 unspecified atom stereocenters. The number of unbranched alkanes of at least 4 members (excludes halogenated alkanes) is 1. The van der Waals surface area contributed by atoms with Gasteiger partial charge in [0.2, 0.25) is 0 Å². The lowest BCUT2D eigenvalue weighted by molar-refractivity contribution is 0.261. The zero-order chi connectivity index (χ0) is 26.1. The van der Waals surface area contributed by atoms with Gasteiger partial charge in [-0.25, -0.2) is 8.42 Å². The highest BCUT2D eigenvalue weighted by Crippen LogP contribution is 2.41. The van der Waals surface area contributed by atoms with Gasteiger partial charge in [0.1, 0.15) is 5.75 Å². The van der Waals surface area contributed by atoms with Crippen molar-refractivity contribution in [3.63, 3.8) is 0 Å². The number of methoxy groups -OCH3 is 1. The van der Waals surface area contributed by atoms with Crippen molar-refractivity contribution in [2.24, 2.45) is 0 Å². The summed E-state index contributed by atoms with van der Waals surface area (Å²) in [7, 11) is -1.93. The average Bonchev–Trinajstić information content (AvgIpc) is 2.95. The van der Waals surface area contributed by atoms with Gasteiger partial charge in [0.05, 0.1) is 23.8 Å². The summed E-state index contributed by atoms with van der Waals surface area (Å²) >= 11 is 0. The van der Waals surface area contributed by atoms with Crippen molar-refractivity contribution in [1.82, 2.24) is 10.6 Å². The fourth-order valence-electron chi connectivity index (χ4n) is 5.02. The number of benzene rings is 1. The minimum atomic E-state index is -3.56. The lowest BCUT2D eigenvalue weighted by Crippen LogP contribution is -2.50. The molecular formula is C28H46N2O4S. The van der Waals surface area contributed by atoms with E-state index in [1.807, 2.05) is 32.1 Å². The van der Waals surface area contributed by atoms with Gasteiger partial charge in [0.25, 0.3) is 0 Å². The van der Waals surface area contributed by atoms with E-state index >= 15 is 0 Å². The molecule has 0 amide bonds. The Balaban J connectivity index is 2.70. The Hall–Kier alpha value is -1.67. The van der Waals surface area contributed by atoms with Crippen molar-refractivity contribution in [2.45, 2.75) is 102 Å². The van der Waals surface area contributed by atoms with E-state index in [2.05, 4.69) is 43.6 Å². The van der Waals surface area contributed by atoms with Gasteiger partial charge in [-0.2, -0.15) is 0 Å². The summed E-state index contributed by atoms with van der Waals surface area (Å²) in [5, 5.41) is 16.6. The van der Waals surface area contributed by atoms with Crippen molar-refractivity contribution in [1.29, 1.82) is 0 Å². The predicted molar refractivity (Wildman–Crippen MR) is 145 cm³/mol. The molecule has 35 heavy (non-hydrogen) atoms. The largest absolute Gasteiger partial charge is 0.496 e. The second-order valence-corrected chi connectivity index (χ2v) is 11.5. The Labute approximate surface area is 213 Å². The van der Waals surface area contributed by atoms with Crippen LogP contribution in [0.15, 0.2) is 40.8 Å². The zero-order valence-electron chi connectivity index (χ0n) is 22.5. The highest BCUT2D eigenvalue weighted by molar-refractivity contribution is 7.91. The maximum absolute atomic E-state index is 13.9. The van der Waals surface area contributed by atoms with Crippen LogP contribution in [0.3, 0.4) is 0 Å². The van der Waals surface area contributed by atoms with Crippen molar-refractivity contribution in [3.8, 4) is 5.75 Å². The SMILES string of the molecule is C/C=C\C(=C/C)[C@H]1N[C@](CC)(CCCC)CS(=O)(=O)c2cc(CNC(CC)CCO)c(OC)cc21. The quantitative estimate of drug-likeness (QED) is 0.318. The van der Waals surface area contributed by atoms with Crippen molar-refractivity contribution in [3.05, 3.63) is 47.1 Å². The molecule has 6 nitrogen and oxygen atoms in total. The molecule has 1 aliphatic heterocycles. The van der Waals surface area contributed by atoms with Crippen molar-refractivity contribution >= 4 is 9.84 Å². The van der Waals surface area contributed by atoms with Gasteiger partial charge in [-0.15, -0.1) is 0 Å². The van der Waals surface area contributed by atoms with Crippen LogP contribution in [0, 0.1) is 0 Å². The first kappa shape index (κ1) is 29.6. The Bertz CT molecular complexity index is 987.